The van der Waals surface area contributed by atoms with E-state index in [9.17, 15) is 14.4 Å². The summed E-state index contributed by atoms with van der Waals surface area (Å²) in [6.45, 7) is 4.08. The number of hydrogen-bond acceptors (Lipinski definition) is 3. The largest absolute Gasteiger partial charge is 0.334 e. The number of likely N-dealkylation sites (tertiary alicyclic amines) is 1. The van der Waals surface area contributed by atoms with Crippen molar-refractivity contribution in [3.63, 3.8) is 0 Å². The number of Topliss-reactive ketones (excluding diaryl/α,β-unsaturated/α-hetero) is 1. The Labute approximate surface area is 136 Å². The minimum Gasteiger partial charge on any atom is -0.334 e. The summed E-state index contributed by atoms with van der Waals surface area (Å²) in [5, 5.41) is 5.47. The molecule has 0 radical (unpaired) electrons. The van der Waals surface area contributed by atoms with E-state index in [1.807, 2.05) is 25.1 Å². The third-order valence-electron chi connectivity index (χ3n) is 3.78. The monoisotopic (exact) mass is 317 g/mol. The predicted molar refractivity (Wildman–Crippen MR) is 88.2 cm³/mol. The molecular formula is C17H23N3O3. The Morgan fingerprint density at radius 1 is 1.30 bits per heavy atom. The smallest absolute Gasteiger partial charge is 0.319 e. The summed E-state index contributed by atoms with van der Waals surface area (Å²) in [4.78, 5) is 37.4. The summed E-state index contributed by atoms with van der Waals surface area (Å²) in [6.07, 6.45) is 2.28. The average molecular weight is 317 g/mol. The highest BCUT2D eigenvalue weighted by atomic mass is 16.2. The summed E-state index contributed by atoms with van der Waals surface area (Å²) in [7, 11) is 0. The Morgan fingerprint density at radius 2 is 2.09 bits per heavy atom. The minimum atomic E-state index is -0.582. The van der Waals surface area contributed by atoms with Crippen LogP contribution in [0.5, 0.6) is 0 Å². The molecule has 1 heterocycles. The van der Waals surface area contributed by atoms with Crippen LogP contribution in [0.4, 0.5) is 10.5 Å². The second kappa shape index (κ2) is 7.76. The maximum Gasteiger partial charge on any atom is 0.319 e. The fraction of sp³-hybridized carbons (Fsp3) is 0.471. The van der Waals surface area contributed by atoms with Gasteiger partial charge >= 0.3 is 6.03 Å². The maximum absolute atomic E-state index is 12.5. The Balaban J connectivity index is 1.97. The number of carbonyl (C=O) groups excluding carboxylic acids is 3. The molecule has 6 heteroatoms. The SMILES string of the molecule is CC(=O)CN1CCCC[C@H](NC(=O)Nc2cccc(C)c2)C1=O. The molecule has 0 unspecified atom stereocenters. The molecule has 1 aromatic carbocycles. The molecule has 1 aliphatic rings. The Kier molecular flexibility index (Phi) is 5.73. The van der Waals surface area contributed by atoms with E-state index in [0.717, 1.165) is 18.4 Å². The van der Waals surface area contributed by atoms with Gasteiger partial charge in [0.25, 0.3) is 0 Å². The van der Waals surface area contributed by atoms with Crippen molar-refractivity contribution in [1.29, 1.82) is 0 Å². The number of nitrogens with one attached hydrogen (secondary N) is 2. The Hall–Kier alpha value is -2.37. The quantitative estimate of drug-likeness (QED) is 0.892. The van der Waals surface area contributed by atoms with E-state index in [-0.39, 0.29) is 18.2 Å². The number of nitrogens with zero attached hydrogens (tertiary/aromatic N) is 1. The lowest BCUT2D eigenvalue weighted by Crippen LogP contribution is -2.49. The summed E-state index contributed by atoms with van der Waals surface area (Å²) in [6, 6.07) is 6.47. The molecule has 1 fully saturated rings. The van der Waals surface area contributed by atoms with Crippen LogP contribution >= 0.6 is 0 Å². The lowest BCUT2D eigenvalue weighted by Gasteiger charge is -2.24. The van der Waals surface area contributed by atoms with Crippen molar-refractivity contribution in [1.82, 2.24) is 10.2 Å². The zero-order chi connectivity index (χ0) is 16.8. The van der Waals surface area contributed by atoms with Crippen molar-refractivity contribution in [2.24, 2.45) is 0 Å². The summed E-state index contributed by atoms with van der Waals surface area (Å²) < 4.78 is 0. The van der Waals surface area contributed by atoms with Gasteiger partial charge in [-0.25, -0.2) is 4.79 Å². The zero-order valence-corrected chi connectivity index (χ0v) is 13.6. The van der Waals surface area contributed by atoms with E-state index in [1.165, 1.54) is 11.8 Å². The number of aryl methyl sites for hydroxylation is 1. The van der Waals surface area contributed by atoms with E-state index >= 15 is 0 Å². The Bertz CT molecular complexity index is 601. The molecule has 0 spiro atoms. The fourth-order valence-corrected chi connectivity index (χ4v) is 2.71. The van der Waals surface area contributed by atoms with E-state index in [2.05, 4.69) is 10.6 Å². The molecule has 0 saturated carbocycles. The van der Waals surface area contributed by atoms with Gasteiger partial charge in [-0.3, -0.25) is 9.59 Å². The number of hydrogen-bond donors (Lipinski definition) is 2. The van der Waals surface area contributed by atoms with Gasteiger partial charge < -0.3 is 15.5 Å². The van der Waals surface area contributed by atoms with Crippen LogP contribution in [-0.4, -0.2) is 41.8 Å². The standard InChI is InChI=1S/C17H23N3O3/c1-12-6-5-7-14(10-12)18-17(23)19-15-8-3-4-9-20(16(15)22)11-13(2)21/h5-7,10,15H,3-4,8-9,11H2,1-2H3,(H2,18,19,23)/t15-/m0/s1. The molecular weight excluding hydrogens is 294 g/mol. The highest BCUT2D eigenvalue weighted by Gasteiger charge is 2.28. The van der Waals surface area contributed by atoms with Crippen LogP contribution in [0.1, 0.15) is 31.7 Å². The van der Waals surface area contributed by atoms with E-state index in [0.29, 0.717) is 18.7 Å². The van der Waals surface area contributed by atoms with Gasteiger partial charge in [0.2, 0.25) is 5.91 Å². The van der Waals surface area contributed by atoms with E-state index in [1.54, 1.807) is 6.07 Å². The number of carbonyl (C=O) groups is 3. The number of anilines is 1. The van der Waals surface area contributed by atoms with Crippen molar-refractivity contribution in [3.05, 3.63) is 29.8 Å². The third-order valence-corrected chi connectivity index (χ3v) is 3.78. The first-order valence-corrected chi connectivity index (χ1v) is 7.88. The van der Waals surface area contributed by atoms with Crippen LogP contribution in [0.2, 0.25) is 0 Å². The van der Waals surface area contributed by atoms with Crippen molar-refractivity contribution in [3.8, 4) is 0 Å². The molecule has 1 aromatic rings. The van der Waals surface area contributed by atoms with E-state index in [4.69, 9.17) is 0 Å². The molecule has 2 N–H and O–H groups in total. The van der Waals surface area contributed by atoms with Gasteiger partial charge in [-0.2, -0.15) is 0 Å². The number of ketones is 1. The predicted octanol–water partition coefficient (Wildman–Crippen LogP) is 2.09. The molecule has 6 nitrogen and oxygen atoms in total. The van der Waals surface area contributed by atoms with Gasteiger partial charge in [0, 0.05) is 12.2 Å². The molecule has 0 bridgehead atoms. The van der Waals surface area contributed by atoms with E-state index < -0.39 is 12.1 Å². The van der Waals surface area contributed by atoms with Gasteiger partial charge in [0.05, 0.1) is 6.54 Å². The molecule has 1 saturated heterocycles. The molecule has 2 rings (SSSR count). The van der Waals surface area contributed by atoms with Crippen LogP contribution in [0.15, 0.2) is 24.3 Å². The molecule has 1 atom stereocenters. The van der Waals surface area contributed by atoms with Crippen molar-refractivity contribution in [2.75, 3.05) is 18.4 Å². The highest BCUT2D eigenvalue weighted by molar-refractivity contribution is 5.94. The third kappa shape index (κ3) is 5.09. The first-order chi connectivity index (χ1) is 11.0. The minimum absolute atomic E-state index is 0.0526. The van der Waals surface area contributed by atoms with Crippen molar-refractivity contribution < 1.29 is 14.4 Å². The average Bonchev–Trinajstić information content (AvgIpc) is 2.62. The molecule has 0 aromatic heterocycles. The summed E-state index contributed by atoms with van der Waals surface area (Å²) in [5.74, 6) is -0.236. The Morgan fingerprint density at radius 3 is 2.78 bits per heavy atom. The summed E-state index contributed by atoms with van der Waals surface area (Å²) in [5.41, 5.74) is 1.73. The van der Waals surface area contributed by atoms with Gasteiger partial charge in [-0.1, -0.05) is 12.1 Å². The molecule has 3 amide bonds. The highest BCUT2D eigenvalue weighted by Crippen LogP contribution is 2.13. The first kappa shape index (κ1) is 17.0. The summed E-state index contributed by atoms with van der Waals surface area (Å²) >= 11 is 0. The number of urea groups is 1. The molecule has 0 aliphatic carbocycles. The van der Waals surface area contributed by atoms with Crippen LogP contribution in [0.25, 0.3) is 0 Å². The van der Waals surface area contributed by atoms with Crippen molar-refractivity contribution in [2.45, 2.75) is 39.2 Å². The van der Waals surface area contributed by atoms with Gasteiger partial charge in [-0.15, -0.1) is 0 Å². The molecule has 1 aliphatic heterocycles. The number of benzene rings is 1. The van der Waals surface area contributed by atoms with Crippen LogP contribution in [0, 0.1) is 6.92 Å². The first-order valence-electron chi connectivity index (χ1n) is 7.88. The van der Waals surface area contributed by atoms with Crippen LogP contribution in [0.3, 0.4) is 0 Å². The number of rotatable bonds is 4. The van der Waals surface area contributed by atoms with Gasteiger partial charge in [0.15, 0.2) is 0 Å². The van der Waals surface area contributed by atoms with Crippen LogP contribution in [-0.2, 0) is 9.59 Å². The lowest BCUT2D eigenvalue weighted by molar-refractivity contribution is -0.136. The molecule has 124 valence electrons. The van der Waals surface area contributed by atoms with Gasteiger partial charge in [0.1, 0.15) is 11.8 Å². The lowest BCUT2D eigenvalue weighted by atomic mass is 10.1. The second-order valence-electron chi connectivity index (χ2n) is 5.98. The maximum atomic E-state index is 12.5. The fourth-order valence-electron chi connectivity index (χ4n) is 2.71. The van der Waals surface area contributed by atoms with Gasteiger partial charge in [-0.05, 0) is 50.8 Å². The zero-order valence-electron chi connectivity index (χ0n) is 13.6. The normalized spacial score (nSPS) is 18.3. The van der Waals surface area contributed by atoms with Crippen molar-refractivity contribution >= 4 is 23.4 Å². The molecule has 23 heavy (non-hydrogen) atoms. The topological polar surface area (TPSA) is 78.5 Å². The second-order valence-corrected chi connectivity index (χ2v) is 5.98. The van der Waals surface area contributed by atoms with Crippen LogP contribution < -0.4 is 10.6 Å². The number of amides is 3.